The van der Waals surface area contributed by atoms with Gasteiger partial charge in [-0.05, 0) is 25.8 Å². The van der Waals surface area contributed by atoms with Gasteiger partial charge in [-0.15, -0.1) is 0 Å². The van der Waals surface area contributed by atoms with E-state index in [0.29, 0.717) is 6.54 Å². The maximum absolute atomic E-state index is 13.3. The minimum atomic E-state index is 0.128. The van der Waals surface area contributed by atoms with Gasteiger partial charge in [-0.3, -0.25) is 14.8 Å². The smallest absolute Gasteiger partial charge is 0.256 e. The fraction of sp³-hybridized carbons (Fsp3) is 0.350. The highest BCUT2D eigenvalue weighted by Gasteiger charge is 2.29. The molecule has 0 aliphatic carbocycles. The van der Waals surface area contributed by atoms with Crippen LogP contribution in [0.1, 0.15) is 40.5 Å². The number of hydrogen-bond acceptors (Lipinski definition) is 3. The van der Waals surface area contributed by atoms with E-state index in [1.54, 1.807) is 12.4 Å². The fourth-order valence-electron chi connectivity index (χ4n) is 3.87. The molecule has 0 spiro atoms. The molecule has 128 valence electrons. The van der Waals surface area contributed by atoms with Crippen LogP contribution in [0.15, 0.2) is 42.9 Å². The summed E-state index contributed by atoms with van der Waals surface area (Å²) in [4.78, 5) is 23.9. The third-order valence-corrected chi connectivity index (χ3v) is 5.32. The average Bonchev–Trinajstić information content (AvgIpc) is 2.93. The van der Waals surface area contributed by atoms with Crippen molar-refractivity contribution in [3.05, 3.63) is 59.8 Å². The molecule has 5 nitrogen and oxygen atoms in total. The van der Waals surface area contributed by atoms with Crippen LogP contribution >= 0.6 is 0 Å². The highest BCUT2D eigenvalue weighted by molar-refractivity contribution is 6.08. The van der Waals surface area contributed by atoms with E-state index < -0.39 is 0 Å². The number of carbonyl (C=O) groups excluding carboxylic acids is 1. The van der Waals surface area contributed by atoms with Crippen LogP contribution < -0.4 is 0 Å². The van der Waals surface area contributed by atoms with E-state index in [0.717, 1.165) is 47.2 Å². The van der Waals surface area contributed by atoms with Crippen molar-refractivity contribution in [1.29, 1.82) is 0 Å². The number of aryl methyl sites for hydroxylation is 1. The Balaban J connectivity index is 1.66. The number of likely N-dealkylation sites (tertiary alicyclic amines) is 1. The van der Waals surface area contributed by atoms with E-state index in [9.17, 15) is 4.79 Å². The van der Waals surface area contributed by atoms with Gasteiger partial charge in [0.1, 0.15) is 0 Å². The van der Waals surface area contributed by atoms with Gasteiger partial charge in [0.2, 0.25) is 0 Å². The van der Waals surface area contributed by atoms with Crippen molar-refractivity contribution < 1.29 is 4.79 Å². The lowest BCUT2D eigenvalue weighted by atomic mass is 9.94. The van der Waals surface area contributed by atoms with Crippen molar-refractivity contribution in [2.75, 3.05) is 13.1 Å². The highest BCUT2D eigenvalue weighted by Crippen LogP contribution is 2.30. The van der Waals surface area contributed by atoms with Gasteiger partial charge in [-0.1, -0.05) is 18.2 Å². The molecule has 1 amide bonds. The van der Waals surface area contributed by atoms with Crippen LogP contribution in [0.4, 0.5) is 0 Å². The summed E-state index contributed by atoms with van der Waals surface area (Å²) in [7, 11) is 2.02. The van der Waals surface area contributed by atoms with Crippen molar-refractivity contribution in [2.24, 2.45) is 7.05 Å². The topological polar surface area (TPSA) is 51.0 Å². The van der Waals surface area contributed by atoms with Gasteiger partial charge in [-0.2, -0.15) is 0 Å². The third-order valence-electron chi connectivity index (χ3n) is 5.32. The van der Waals surface area contributed by atoms with Gasteiger partial charge < -0.3 is 9.47 Å². The lowest BCUT2D eigenvalue weighted by molar-refractivity contribution is 0.0707. The molecule has 0 N–H and O–H groups in total. The summed E-state index contributed by atoms with van der Waals surface area (Å²) < 4.78 is 2.10. The Morgan fingerprint density at radius 2 is 2.08 bits per heavy atom. The predicted octanol–water partition coefficient (Wildman–Crippen LogP) is 3.30. The zero-order valence-electron chi connectivity index (χ0n) is 14.6. The molecule has 1 aliphatic rings. The summed E-state index contributed by atoms with van der Waals surface area (Å²) >= 11 is 0. The number of aromatic nitrogens is 3. The van der Waals surface area contributed by atoms with Crippen LogP contribution in [0, 0.1) is 6.92 Å². The van der Waals surface area contributed by atoms with Crippen LogP contribution in [-0.4, -0.2) is 38.4 Å². The second-order valence-corrected chi connectivity index (χ2v) is 6.76. The summed E-state index contributed by atoms with van der Waals surface area (Å²) in [5.41, 5.74) is 3.94. The number of rotatable bonds is 2. The van der Waals surface area contributed by atoms with Gasteiger partial charge in [0, 0.05) is 61.2 Å². The van der Waals surface area contributed by atoms with Gasteiger partial charge in [-0.25, -0.2) is 0 Å². The number of benzene rings is 1. The normalized spacial score (nSPS) is 17.8. The van der Waals surface area contributed by atoms with Crippen molar-refractivity contribution >= 4 is 16.8 Å². The third kappa shape index (κ3) is 2.69. The molecule has 1 aromatic carbocycles. The monoisotopic (exact) mass is 334 g/mol. The molecule has 0 saturated carbocycles. The number of fused-ring (bicyclic) bond motifs is 1. The van der Waals surface area contributed by atoms with Crippen LogP contribution in [0.5, 0.6) is 0 Å². The van der Waals surface area contributed by atoms with Crippen molar-refractivity contribution in [3.63, 3.8) is 0 Å². The van der Waals surface area contributed by atoms with Crippen LogP contribution in [0.3, 0.4) is 0 Å². The SMILES string of the molecule is Cc1c(C(=O)N2CCCC(c3cnccn3)C2)c2ccccc2n1C. The lowest BCUT2D eigenvalue weighted by Gasteiger charge is -2.32. The molecule has 1 unspecified atom stereocenters. The highest BCUT2D eigenvalue weighted by atomic mass is 16.2. The maximum atomic E-state index is 13.3. The molecule has 1 fully saturated rings. The molecule has 2 aromatic heterocycles. The minimum absolute atomic E-state index is 0.128. The molecule has 3 heterocycles. The summed E-state index contributed by atoms with van der Waals surface area (Å²) in [5, 5.41) is 1.04. The van der Waals surface area contributed by atoms with E-state index in [-0.39, 0.29) is 11.8 Å². The van der Waals surface area contributed by atoms with Gasteiger partial charge in [0.05, 0.1) is 11.3 Å². The summed E-state index contributed by atoms with van der Waals surface area (Å²) in [6.07, 6.45) is 7.29. The second kappa shape index (κ2) is 6.31. The lowest BCUT2D eigenvalue weighted by Crippen LogP contribution is -2.39. The van der Waals surface area contributed by atoms with Crippen molar-refractivity contribution in [2.45, 2.75) is 25.7 Å². The van der Waals surface area contributed by atoms with Gasteiger partial charge in [0.25, 0.3) is 5.91 Å². The molecule has 1 aliphatic heterocycles. The van der Waals surface area contributed by atoms with E-state index in [4.69, 9.17) is 0 Å². The quantitative estimate of drug-likeness (QED) is 0.722. The zero-order valence-corrected chi connectivity index (χ0v) is 14.6. The first-order valence-corrected chi connectivity index (χ1v) is 8.76. The largest absolute Gasteiger partial charge is 0.347 e. The maximum Gasteiger partial charge on any atom is 0.256 e. The molecule has 3 aromatic rings. The summed E-state index contributed by atoms with van der Waals surface area (Å²) in [5.74, 6) is 0.393. The molecular weight excluding hydrogens is 312 g/mol. The number of piperidine rings is 1. The fourth-order valence-corrected chi connectivity index (χ4v) is 3.87. The first-order valence-electron chi connectivity index (χ1n) is 8.76. The Bertz CT molecular complexity index is 916. The van der Waals surface area contributed by atoms with E-state index >= 15 is 0 Å². The van der Waals surface area contributed by atoms with E-state index in [2.05, 4.69) is 20.6 Å². The Morgan fingerprint density at radius 1 is 1.24 bits per heavy atom. The van der Waals surface area contributed by atoms with Crippen LogP contribution in [0.2, 0.25) is 0 Å². The van der Waals surface area contributed by atoms with Gasteiger partial charge >= 0.3 is 0 Å². The average molecular weight is 334 g/mol. The molecule has 0 bridgehead atoms. The van der Waals surface area contributed by atoms with Crippen molar-refractivity contribution in [3.8, 4) is 0 Å². The van der Waals surface area contributed by atoms with Crippen LogP contribution in [-0.2, 0) is 7.05 Å². The number of para-hydroxylation sites is 1. The number of amides is 1. The Morgan fingerprint density at radius 3 is 2.88 bits per heavy atom. The van der Waals surface area contributed by atoms with Crippen molar-refractivity contribution in [1.82, 2.24) is 19.4 Å². The molecular formula is C20H22N4O. The molecule has 1 atom stereocenters. The Hall–Kier alpha value is -2.69. The Labute approximate surface area is 147 Å². The summed E-state index contributed by atoms with van der Waals surface area (Å²) in [6, 6.07) is 8.12. The van der Waals surface area contributed by atoms with E-state index in [1.807, 2.05) is 43.3 Å². The zero-order chi connectivity index (χ0) is 17.4. The predicted molar refractivity (Wildman–Crippen MR) is 97.6 cm³/mol. The minimum Gasteiger partial charge on any atom is -0.347 e. The first kappa shape index (κ1) is 15.8. The first-order chi connectivity index (χ1) is 12.2. The molecule has 1 saturated heterocycles. The van der Waals surface area contributed by atoms with Crippen LogP contribution in [0.25, 0.3) is 10.9 Å². The Kier molecular flexibility index (Phi) is 3.99. The van der Waals surface area contributed by atoms with E-state index in [1.165, 1.54) is 0 Å². The number of carbonyl (C=O) groups is 1. The molecule has 5 heteroatoms. The number of hydrogen-bond donors (Lipinski definition) is 0. The second-order valence-electron chi connectivity index (χ2n) is 6.76. The molecule has 25 heavy (non-hydrogen) atoms. The standard InChI is InChI=1S/C20H22N4O/c1-14-19(16-7-3-4-8-18(16)23(14)2)20(25)24-11-5-6-15(13-24)17-12-21-9-10-22-17/h3-4,7-10,12,15H,5-6,11,13H2,1-2H3. The van der Waals surface area contributed by atoms with Gasteiger partial charge in [0.15, 0.2) is 0 Å². The molecule has 4 rings (SSSR count). The number of nitrogens with zero attached hydrogens (tertiary/aromatic N) is 4. The molecule has 0 radical (unpaired) electrons. The summed E-state index contributed by atoms with van der Waals surface area (Å²) in [6.45, 7) is 3.54.